The van der Waals surface area contributed by atoms with Crippen molar-refractivity contribution >= 4 is 23.0 Å². The van der Waals surface area contributed by atoms with Crippen molar-refractivity contribution in [3.05, 3.63) is 61.3 Å². The van der Waals surface area contributed by atoms with Gasteiger partial charge in [-0.3, -0.25) is 10.1 Å². The number of nitro benzene ring substituents is 1. The Kier molecular flexibility index (Phi) is 4.37. The summed E-state index contributed by atoms with van der Waals surface area (Å²) >= 11 is 1.54. The summed E-state index contributed by atoms with van der Waals surface area (Å²) in [4.78, 5) is 24.4. The zero-order chi connectivity index (χ0) is 15.6. The number of hydrogen-bond donors (Lipinski definition) is 0. The summed E-state index contributed by atoms with van der Waals surface area (Å²) in [6.45, 7) is 5.50. The third-order valence-electron chi connectivity index (χ3n) is 3.10. The first-order chi connectivity index (χ1) is 9.88. The van der Waals surface area contributed by atoms with Gasteiger partial charge in [0, 0.05) is 21.9 Å². The van der Waals surface area contributed by atoms with Crippen molar-refractivity contribution in [3.63, 3.8) is 0 Å². The van der Waals surface area contributed by atoms with Crippen LogP contribution in [-0.4, -0.2) is 10.9 Å². The summed E-state index contributed by atoms with van der Waals surface area (Å²) in [7, 11) is 0. The Morgan fingerprint density at radius 1 is 1.33 bits per heavy atom. The molecule has 2 aromatic rings. The van der Waals surface area contributed by atoms with Crippen molar-refractivity contribution in [2.75, 3.05) is 0 Å². The van der Waals surface area contributed by atoms with E-state index in [0.29, 0.717) is 11.1 Å². The Hall–Kier alpha value is -2.21. The molecule has 1 heterocycles. The summed E-state index contributed by atoms with van der Waals surface area (Å²) in [5, 5.41) is 10.8. The second-order valence-corrected chi connectivity index (χ2v) is 6.19. The Morgan fingerprint density at radius 2 is 2.05 bits per heavy atom. The van der Waals surface area contributed by atoms with Crippen molar-refractivity contribution in [1.82, 2.24) is 0 Å². The minimum absolute atomic E-state index is 0.0158. The fourth-order valence-corrected chi connectivity index (χ4v) is 2.93. The van der Waals surface area contributed by atoms with E-state index in [2.05, 4.69) is 0 Å². The van der Waals surface area contributed by atoms with Crippen molar-refractivity contribution in [2.45, 2.75) is 26.9 Å². The average Bonchev–Trinajstić information content (AvgIpc) is 2.77. The number of hydrogen-bond acceptors (Lipinski definition) is 5. The topological polar surface area (TPSA) is 69.4 Å². The first-order valence-corrected chi connectivity index (χ1v) is 7.22. The summed E-state index contributed by atoms with van der Waals surface area (Å²) in [5.74, 6) is -0.407. The highest BCUT2D eigenvalue weighted by atomic mass is 32.1. The van der Waals surface area contributed by atoms with E-state index in [1.807, 2.05) is 13.8 Å². The van der Waals surface area contributed by atoms with Gasteiger partial charge in [0.25, 0.3) is 5.69 Å². The molecule has 1 aromatic carbocycles. The second-order valence-electron chi connectivity index (χ2n) is 4.73. The number of carbonyl (C=O) groups excluding carboxylic acids is 1. The Labute approximate surface area is 126 Å². The molecule has 1 atom stereocenters. The third-order valence-corrected chi connectivity index (χ3v) is 4.06. The monoisotopic (exact) mass is 305 g/mol. The van der Waals surface area contributed by atoms with Crippen molar-refractivity contribution < 1.29 is 14.5 Å². The van der Waals surface area contributed by atoms with E-state index in [-0.39, 0.29) is 5.69 Å². The molecule has 0 N–H and O–H groups in total. The van der Waals surface area contributed by atoms with Crippen LogP contribution in [0.4, 0.5) is 5.69 Å². The van der Waals surface area contributed by atoms with Crippen LogP contribution in [0.3, 0.4) is 0 Å². The zero-order valence-corrected chi connectivity index (χ0v) is 12.8. The molecule has 0 saturated carbocycles. The van der Waals surface area contributed by atoms with Gasteiger partial charge in [-0.2, -0.15) is 0 Å². The number of nitrogens with zero attached hydrogens (tertiary/aromatic N) is 1. The lowest BCUT2D eigenvalue weighted by Gasteiger charge is -2.13. The Balaban J connectivity index is 2.16. The third kappa shape index (κ3) is 3.46. The van der Waals surface area contributed by atoms with E-state index >= 15 is 0 Å². The molecule has 110 valence electrons. The number of thiophene rings is 1. The summed E-state index contributed by atoms with van der Waals surface area (Å²) in [6.07, 6.45) is -0.544. The van der Waals surface area contributed by atoms with Crippen LogP contribution < -0.4 is 0 Å². The van der Waals surface area contributed by atoms with Gasteiger partial charge < -0.3 is 4.74 Å². The highest BCUT2D eigenvalue weighted by Crippen LogP contribution is 2.26. The second kappa shape index (κ2) is 6.05. The van der Waals surface area contributed by atoms with Gasteiger partial charge >= 0.3 is 5.97 Å². The Bertz CT molecular complexity index is 693. The normalized spacial score (nSPS) is 12.0. The van der Waals surface area contributed by atoms with E-state index in [9.17, 15) is 14.9 Å². The molecule has 6 heteroatoms. The van der Waals surface area contributed by atoms with E-state index in [4.69, 9.17) is 4.74 Å². The number of benzene rings is 1. The SMILES string of the molecule is Cc1cc(C(=O)O[C@@H](C)c2cccc([N+](=O)[O-])c2)c(C)s1. The van der Waals surface area contributed by atoms with Gasteiger partial charge in [0.1, 0.15) is 6.10 Å². The highest BCUT2D eigenvalue weighted by Gasteiger charge is 2.18. The largest absolute Gasteiger partial charge is 0.454 e. The number of ether oxygens (including phenoxy) is 1. The van der Waals surface area contributed by atoms with Crippen LogP contribution >= 0.6 is 11.3 Å². The van der Waals surface area contributed by atoms with Gasteiger partial charge in [0.05, 0.1) is 10.5 Å². The predicted octanol–water partition coefficient (Wildman–Crippen LogP) is 4.19. The van der Waals surface area contributed by atoms with E-state index in [1.54, 1.807) is 25.1 Å². The Morgan fingerprint density at radius 3 is 2.62 bits per heavy atom. The van der Waals surface area contributed by atoms with Gasteiger partial charge in [-0.05, 0) is 32.4 Å². The zero-order valence-electron chi connectivity index (χ0n) is 12.0. The predicted molar refractivity (Wildman–Crippen MR) is 80.7 cm³/mol. The molecule has 5 nitrogen and oxygen atoms in total. The van der Waals surface area contributed by atoms with Crippen LogP contribution in [0.25, 0.3) is 0 Å². The van der Waals surface area contributed by atoms with Crippen LogP contribution in [0.2, 0.25) is 0 Å². The fourth-order valence-electron chi connectivity index (χ4n) is 2.02. The van der Waals surface area contributed by atoms with Crippen molar-refractivity contribution in [1.29, 1.82) is 0 Å². The summed E-state index contributed by atoms with van der Waals surface area (Å²) in [6, 6.07) is 7.91. The molecule has 0 bridgehead atoms. The minimum Gasteiger partial charge on any atom is -0.454 e. The number of non-ortho nitro benzene ring substituents is 1. The van der Waals surface area contributed by atoms with Crippen LogP contribution in [0.1, 0.15) is 38.7 Å². The minimum atomic E-state index is -0.544. The molecular weight excluding hydrogens is 290 g/mol. The molecular formula is C15H15NO4S. The molecule has 2 rings (SSSR count). The van der Waals surface area contributed by atoms with Gasteiger partial charge in [-0.1, -0.05) is 12.1 Å². The van der Waals surface area contributed by atoms with Gasteiger partial charge in [0.2, 0.25) is 0 Å². The standard InChI is InChI=1S/C15H15NO4S/c1-9-7-14(11(3)21-9)15(17)20-10(2)12-5-4-6-13(8-12)16(18)19/h4-8,10H,1-3H3/t10-/m0/s1. The molecule has 1 aromatic heterocycles. The van der Waals surface area contributed by atoms with Crippen LogP contribution in [0, 0.1) is 24.0 Å². The maximum atomic E-state index is 12.1. The van der Waals surface area contributed by atoms with Gasteiger partial charge in [-0.25, -0.2) is 4.79 Å². The molecule has 0 saturated heterocycles. The molecule has 0 amide bonds. The maximum Gasteiger partial charge on any atom is 0.339 e. The number of aryl methyl sites for hydroxylation is 2. The van der Waals surface area contributed by atoms with Crippen LogP contribution in [0.5, 0.6) is 0 Å². The molecule has 0 aliphatic heterocycles. The summed E-state index contributed by atoms with van der Waals surface area (Å²) in [5.41, 5.74) is 1.13. The van der Waals surface area contributed by atoms with Gasteiger partial charge in [0.15, 0.2) is 0 Å². The molecule has 21 heavy (non-hydrogen) atoms. The average molecular weight is 305 g/mol. The van der Waals surface area contributed by atoms with Crippen molar-refractivity contribution in [3.8, 4) is 0 Å². The molecule has 0 unspecified atom stereocenters. The first-order valence-electron chi connectivity index (χ1n) is 6.41. The molecule has 0 spiro atoms. The smallest absolute Gasteiger partial charge is 0.339 e. The fraction of sp³-hybridized carbons (Fsp3) is 0.267. The molecule has 0 fully saturated rings. The van der Waals surface area contributed by atoms with Crippen LogP contribution in [0.15, 0.2) is 30.3 Å². The number of carbonyl (C=O) groups is 1. The number of rotatable bonds is 4. The maximum absolute atomic E-state index is 12.1. The quantitative estimate of drug-likeness (QED) is 0.482. The molecule has 0 aliphatic rings. The van der Waals surface area contributed by atoms with E-state index in [1.165, 1.54) is 23.5 Å². The van der Waals surface area contributed by atoms with E-state index < -0.39 is 17.0 Å². The first kappa shape index (κ1) is 15.2. The summed E-state index contributed by atoms with van der Waals surface area (Å²) < 4.78 is 5.40. The highest BCUT2D eigenvalue weighted by molar-refractivity contribution is 7.12. The molecule has 0 radical (unpaired) electrons. The number of esters is 1. The van der Waals surface area contributed by atoms with Gasteiger partial charge in [-0.15, -0.1) is 11.3 Å². The van der Waals surface area contributed by atoms with Crippen molar-refractivity contribution in [2.24, 2.45) is 0 Å². The molecule has 0 aliphatic carbocycles. The lowest BCUT2D eigenvalue weighted by atomic mass is 10.1. The van der Waals surface area contributed by atoms with E-state index in [0.717, 1.165) is 9.75 Å². The van der Waals surface area contributed by atoms with Crippen LogP contribution in [-0.2, 0) is 4.74 Å². The number of nitro groups is 1. The lowest BCUT2D eigenvalue weighted by molar-refractivity contribution is -0.385. The lowest BCUT2D eigenvalue weighted by Crippen LogP contribution is -2.09.